The van der Waals surface area contributed by atoms with Crippen LogP contribution in [0.1, 0.15) is 290 Å². The number of nitrogens with one attached hydrogen (secondary N) is 1. The van der Waals surface area contributed by atoms with Crippen molar-refractivity contribution in [2.24, 2.45) is 0 Å². The summed E-state index contributed by atoms with van der Waals surface area (Å²) in [5.41, 5.74) is 0. The predicted molar refractivity (Wildman–Crippen MR) is 264 cm³/mol. The number of aliphatic hydroxyl groups excluding tert-OH is 2. The van der Waals surface area contributed by atoms with E-state index in [4.69, 9.17) is 4.74 Å². The molecule has 0 spiro atoms. The summed E-state index contributed by atoms with van der Waals surface area (Å²) < 4.78 is 5.92. The lowest BCUT2D eigenvalue weighted by molar-refractivity contribution is -0.151. The van der Waals surface area contributed by atoms with Gasteiger partial charge < -0.3 is 20.3 Å². The van der Waals surface area contributed by atoms with E-state index in [1.165, 1.54) is 180 Å². The first-order valence-electron chi connectivity index (χ1n) is 27.1. The second-order valence-electron chi connectivity index (χ2n) is 18.6. The van der Waals surface area contributed by atoms with Crippen molar-refractivity contribution in [1.82, 2.24) is 5.32 Å². The number of ether oxygens (including phenoxy) is 1. The molecule has 0 aromatic heterocycles. The number of rotatable bonds is 49. The highest BCUT2D eigenvalue weighted by Crippen LogP contribution is 2.17. The fraction of sp³-hybridized carbons (Fsp3) is 0.891. The Morgan fingerprint density at radius 2 is 0.803 bits per heavy atom. The fourth-order valence-electron chi connectivity index (χ4n) is 8.37. The smallest absolute Gasteiger partial charge is 0.306 e. The van der Waals surface area contributed by atoms with Crippen molar-refractivity contribution in [3.05, 3.63) is 24.3 Å². The summed E-state index contributed by atoms with van der Waals surface area (Å²) in [6.07, 6.45) is 56.7. The zero-order chi connectivity index (χ0) is 44.5. The van der Waals surface area contributed by atoms with E-state index >= 15 is 0 Å². The molecule has 0 bridgehead atoms. The second kappa shape index (κ2) is 49.4. The lowest BCUT2D eigenvalue weighted by Crippen LogP contribution is -2.46. The SMILES string of the molecule is CCCCCCCCC/C=C\CCCC(CC(=O)NC(CO)C(O)CCCCCCCCCCCCCC)OC(=O)CCCCCCC/C=C/CCCCCCCCCCC. The van der Waals surface area contributed by atoms with Gasteiger partial charge in [0, 0.05) is 6.42 Å². The molecule has 0 heterocycles. The normalized spacial score (nSPS) is 13.3. The van der Waals surface area contributed by atoms with Gasteiger partial charge in [-0.15, -0.1) is 0 Å². The maximum absolute atomic E-state index is 13.2. The summed E-state index contributed by atoms with van der Waals surface area (Å²) in [5.74, 6) is -0.500. The minimum absolute atomic E-state index is 0.0575. The summed E-state index contributed by atoms with van der Waals surface area (Å²) in [7, 11) is 0. The molecule has 3 N–H and O–H groups in total. The van der Waals surface area contributed by atoms with Crippen LogP contribution in [0.3, 0.4) is 0 Å². The number of aliphatic hydroxyl groups is 2. The maximum Gasteiger partial charge on any atom is 0.306 e. The number of allylic oxidation sites excluding steroid dienone is 4. The number of carbonyl (C=O) groups excluding carboxylic acids is 2. The van der Waals surface area contributed by atoms with Crippen LogP contribution < -0.4 is 5.32 Å². The van der Waals surface area contributed by atoms with Gasteiger partial charge in [0.2, 0.25) is 5.91 Å². The Morgan fingerprint density at radius 3 is 1.20 bits per heavy atom. The largest absolute Gasteiger partial charge is 0.462 e. The molecule has 0 aliphatic carbocycles. The molecule has 360 valence electrons. The van der Waals surface area contributed by atoms with Crippen molar-refractivity contribution in [3.63, 3.8) is 0 Å². The van der Waals surface area contributed by atoms with Crippen molar-refractivity contribution in [1.29, 1.82) is 0 Å². The summed E-state index contributed by atoms with van der Waals surface area (Å²) in [6.45, 7) is 6.49. The Labute approximate surface area is 380 Å². The lowest BCUT2D eigenvalue weighted by Gasteiger charge is -2.24. The van der Waals surface area contributed by atoms with Crippen molar-refractivity contribution in [3.8, 4) is 0 Å². The zero-order valence-electron chi connectivity index (χ0n) is 41.1. The average molecular weight is 860 g/mol. The summed E-state index contributed by atoms with van der Waals surface area (Å²) in [6, 6.07) is -0.707. The van der Waals surface area contributed by atoms with Gasteiger partial charge >= 0.3 is 5.97 Å². The van der Waals surface area contributed by atoms with Gasteiger partial charge in [-0.1, -0.05) is 231 Å². The van der Waals surface area contributed by atoms with Crippen LogP contribution in [0, 0.1) is 0 Å². The summed E-state index contributed by atoms with van der Waals surface area (Å²) >= 11 is 0. The highest BCUT2D eigenvalue weighted by atomic mass is 16.5. The molecular weight excluding hydrogens is 755 g/mol. The molecule has 0 rings (SSSR count). The molecule has 0 fully saturated rings. The van der Waals surface area contributed by atoms with E-state index in [0.29, 0.717) is 19.3 Å². The van der Waals surface area contributed by atoms with Gasteiger partial charge in [-0.2, -0.15) is 0 Å². The monoisotopic (exact) mass is 860 g/mol. The topological polar surface area (TPSA) is 95.9 Å². The molecule has 6 nitrogen and oxygen atoms in total. The van der Waals surface area contributed by atoms with E-state index in [0.717, 1.165) is 64.2 Å². The van der Waals surface area contributed by atoms with Gasteiger partial charge in [0.25, 0.3) is 0 Å². The van der Waals surface area contributed by atoms with Crippen LogP contribution in [0.4, 0.5) is 0 Å². The Hall–Kier alpha value is -1.66. The van der Waals surface area contributed by atoms with Crippen LogP contribution in [0.15, 0.2) is 24.3 Å². The third-order valence-corrected chi connectivity index (χ3v) is 12.5. The van der Waals surface area contributed by atoms with E-state index in [1.807, 2.05) is 0 Å². The van der Waals surface area contributed by atoms with Gasteiger partial charge in [0.15, 0.2) is 0 Å². The van der Waals surface area contributed by atoms with Gasteiger partial charge in [0.05, 0.1) is 25.2 Å². The molecule has 0 aromatic carbocycles. The number of esters is 1. The van der Waals surface area contributed by atoms with Crippen molar-refractivity contribution in [2.45, 2.75) is 309 Å². The molecule has 0 aliphatic rings. The third kappa shape index (κ3) is 44.7. The predicted octanol–water partition coefficient (Wildman–Crippen LogP) is 16.3. The standard InChI is InChI=1S/C55H105NO5/c1-4-7-10-13-16-19-22-25-26-27-28-29-30-33-36-39-42-45-48-55(60)61-51(46-43-40-37-34-31-23-20-17-14-11-8-5-2)49-54(59)56-52(50-57)53(58)47-44-41-38-35-32-24-21-18-15-12-9-6-3/h28-29,34,37,51-53,57-58H,4-27,30-33,35-36,38-50H2,1-3H3,(H,56,59)/b29-28+,37-34-. The average Bonchev–Trinajstić information content (AvgIpc) is 3.25. The maximum atomic E-state index is 13.2. The van der Waals surface area contributed by atoms with E-state index in [1.54, 1.807) is 0 Å². The van der Waals surface area contributed by atoms with E-state index < -0.39 is 18.2 Å². The zero-order valence-corrected chi connectivity index (χ0v) is 41.1. The first kappa shape index (κ1) is 59.3. The molecule has 0 aromatic rings. The van der Waals surface area contributed by atoms with Crippen LogP contribution in [-0.4, -0.2) is 46.9 Å². The molecule has 0 radical (unpaired) electrons. The van der Waals surface area contributed by atoms with E-state index in [-0.39, 0.29) is 24.9 Å². The van der Waals surface area contributed by atoms with Crippen LogP contribution in [0.2, 0.25) is 0 Å². The highest BCUT2D eigenvalue weighted by molar-refractivity contribution is 5.77. The molecule has 3 atom stereocenters. The number of hydrogen-bond acceptors (Lipinski definition) is 5. The molecule has 61 heavy (non-hydrogen) atoms. The first-order chi connectivity index (χ1) is 30.0. The number of unbranched alkanes of at least 4 members (excludes halogenated alkanes) is 33. The Bertz CT molecular complexity index is 966. The van der Waals surface area contributed by atoms with Crippen LogP contribution in [0.25, 0.3) is 0 Å². The van der Waals surface area contributed by atoms with Crippen molar-refractivity contribution >= 4 is 11.9 Å². The molecule has 3 unspecified atom stereocenters. The molecular formula is C55H105NO5. The van der Waals surface area contributed by atoms with Crippen LogP contribution in [-0.2, 0) is 14.3 Å². The van der Waals surface area contributed by atoms with Gasteiger partial charge in [-0.3, -0.25) is 9.59 Å². The van der Waals surface area contributed by atoms with Crippen LogP contribution >= 0.6 is 0 Å². The lowest BCUT2D eigenvalue weighted by atomic mass is 10.0. The third-order valence-electron chi connectivity index (χ3n) is 12.5. The van der Waals surface area contributed by atoms with Gasteiger partial charge in [-0.25, -0.2) is 0 Å². The van der Waals surface area contributed by atoms with Crippen molar-refractivity contribution < 1.29 is 24.5 Å². The minimum atomic E-state index is -0.792. The Morgan fingerprint density at radius 1 is 0.459 bits per heavy atom. The molecule has 0 saturated carbocycles. The molecule has 0 saturated heterocycles. The number of amides is 1. The molecule has 1 amide bonds. The van der Waals surface area contributed by atoms with E-state index in [2.05, 4.69) is 50.4 Å². The summed E-state index contributed by atoms with van der Waals surface area (Å²) in [5, 5.41) is 23.8. The van der Waals surface area contributed by atoms with Gasteiger partial charge in [-0.05, 0) is 70.6 Å². The van der Waals surface area contributed by atoms with Gasteiger partial charge in [0.1, 0.15) is 6.10 Å². The fourth-order valence-corrected chi connectivity index (χ4v) is 8.37. The number of carbonyl (C=O) groups is 2. The van der Waals surface area contributed by atoms with E-state index in [9.17, 15) is 19.8 Å². The summed E-state index contributed by atoms with van der Waals surface area (Å²) in [4.78, 5) is 26.1. The second-order valence-corrected chi connectivity index (χ2v) is 18.6. The van der Waals surface area contributed by atoms with Crippen molar-refractivity contribution in [2.75, 3.05) is 6.61 Å². The number of hydrogen-bond donors (Lipinski definition) is 3. The Kier molecular flexibility index (Phi) is 48.0. The Balaban J connectivity index is 4.53. The highest BCUT2D eigenvalue weighted by Gasteiger charge is 2.24. The first-order valence-corrected chi connectivity index (χ1v) is 27.1. The quantitative estimate of drug-likeness (QED) is 0.0322. The van der Waals surface area contributed by atoms with Crippen LogP contribution in [0.5, 0.6) is 0 Å². The molecule has 6 heteroatoms. The minimum Gasteiger partial charge on any atom is -0.462 e. The molecule has 0 aliphatic heterocycles.